The monoisotopic (exact) mass is 289 g/mol. The number of nitrogens with zero attached hydrogens (tertiary/aromatic N) is 3. The molecule has 1 amide bonds. The van der Waals surface area contributed by atoms with E-state index in [0.717, 1.165) is 57.5 Å². The van der Waals surface area contributed by atoms with E-state index in [-0.39, 0.29) is 5.91 Å². The molecular weight excluding hydrogens is 262 g/mol. The van der Waals surface area contributed by atoms with Gasteiger partial charge in [-0.2, -0.15) is 0 Å². The van der Waals surface area contributed by atoms with E-state index < -0.39 is 0 Å². The smallest absolute Gasteiger partial charge is 0.272 e. The molecule has 1 aromatic rings. The quantitative estimate of drug-likeness (QED) is 0.806. The van der Waals surface area contributed by atoms with Crippen LogP contribution < -0.4 is 4.90 Å². The number of amides is 1. The second-order valence-corrected chi connectivity index (χ2v) is 5.74. The third-order valence-corrected chi connectivity index (χ3v) is 3.96. The highest BCUT2D eigenvalue weighted by atomic mass is 16.2. The Kier molecular flexibility index (Phi) is 6.03. The molecule has 1 aromatic heterocycles. The van der Waals surface area contributed by atoms with Gasteiger partial charge >= 0.3 is 0 Å². The van der Waals surface area contributed by atoms with Crippen LogP contribution in [0.1, 0.15) is 56.4 Å². The Morgan fingerprint density at radius 3 is 2.33 bits per heavy atom. The molecule has 21 heavy (non-hydrogen) atoms. The lowest BCUT2D eigenvalue weighted by atomic mass is 10.1. The number of pyridine rings is 1. The molecule has 4 nitrogen and oxygen atoms in total. The van der Waals surface area contributed by atoms with E-state index >= 15 is 0 Å². The minimum absolute atomic E-state index is 0.0822. The highest BCUT2D eigenvalue weighted by Crippen LogP contribution is 2.16. The van der Waals surface area contributed by atoms with Gasteiger partial charge < -0.3 is 9.80 Å². The van der Waals surface area contributed by atoms with Crippen LogP contribution in [-0.2, 0) is 0 Å². The second kappa shape index (κ2) is 8.01. The molecule has 0 aliphatic carbocycles. The van der Waals surface area contributed by atoms with E-state index in [1.54, 1.807) is 0 Å². The lowest BCUT2D eigenvalue weighted by Gasteiger charge is -2.27. The standard InChI is InChI=1S/C17H27N3O/c1-3-10-19(11-4-2)15-8-9-16(18-14-15)17(21)20-12-6-5-7-13-20/h8-9,14H,3-7,10-13H2,1-2H3. The number of likely N-dealkylation sites (tertiary alicyclic amines) is 1. The number of aromatic nitrogens is 1. The van der Waals surface area contributed by atoms with Gasteiger partial charge in [-0.3, -0.25) is 4.79 Å². The van der Waals surface area contributed by atoms with Crippen LogP contribution in [-0.4, -0.2) is 42.0 Å². The zero-order valence-electron chi connectivity index (χ0n) is 13.3. The maximum atomic E-state index is 12.4. The third-order valence-electron chi connectivity index (χ3n) is 3.96. The van der Waals surface area contributed by atoms with Crippen molar-refractivity contribution in [2.75, 3.05) is 31.1 Å². The Morgan fingerprint density at radius 1 is 1.14 bits per heavy atom. The Labute approximate surface area is 128 Å². The molecule has 2 heterocycles. The number of hydrogen-bond acceptors (Lipinski definition) is 3. The fourth-order valence-corrected chi connectivity index (χ4v) is 2.87. The van der Waals surface area contributed by atoms with E-state index in [2.05, 4.69) is 23.7 Å². The van der Waals surface area contributed by atoms with Crippen LogP contribution in [0.15, 0.2) is 18.3 Å². The van der Waals surface area contributed by atoms with Crippen LogP contribution in [0.4, 0.5) is 5.69 Å². The van der Waals surface area contributed by atoms with Gasteiger partial charge in [0.1, 0.15) is 5.69 Å². The molecule has 0 N–H and O–H groups in total. The number of rotatable bonds is 6. The van der Waals surface area contributed by atoms with Crippen LogP contribution in [0, 0.1) is 0 Å². The first-order valence-corrected chi connectivity index (χ1v) is 8.26. The van der Waals surface area contributed by atoms with E-state index in [0.29, 0.717) is 5.69 Å². The Hall–Kier alpha value is -1.58. The fraction of sp³-hybridized carbons (Fsp3) is 0.647. The van der Waals surface area contributed by atoms with Crippen molar-refractivity contribution < 1.29 is 4.79 Å². The summed E-state index contributed by atoms with van der Waals surface area (Å²) in [5.41, 5.74) is 1.70. The van der Waals surface area contributed by atoms with Crippen LogP contribution >= 0.6 is 0 Å². The SMILES string of the molecule is CCCN(CCC)c1ccc(C(=O)N2CCCCC2)nc1. The molecule has 4 heteroatoms. The number of carbonyl (C=O) groups is 1. The summed E-state index contributed by atoms with van der Waals surface area (Å²) in [6, 6.07) is 3.92. The summed E-state index contributed by atoms with van der Waals surface area (Å²) in [5, 5.41) is 0. The zero-order chi connectivity index (χ0) is 15.1. The average Bonchev–Trinajstić information content (AvgIpc) is 2.55. The van der Waals surface area contributed by atoms with Gasteiger partial charge in [0, 0.05) is 26.2 Å². The maximum Gasteiger partial charge on any atom is 0.272 e. The zero-order valence-corrected chi connectivity index (χ0v) is 13.3. The average molecular weight is 289 g/mol. The first-order chi connectivity index (χ1) is 10.3. The molecule has 0 saturated carbocycles. The van der Waals surface area contributed by atoms with Gasteiger partial charge in [-0.25, -0.2) is 4.98 Å². The van der Waals surface area contributed by atoms with Gasteiger partial charge in [-0.1, -0.05) is 13.8 Å². The summed E-state index contributed by atoms with van der Waals surface area (Å²) in [5.74, 6) is 0.0822. The van der Waals surface area contributed by atoms with Crippen LogP contribution in [0.5, 0.6) is 0 Å². The number of piperidine rings is 1. The molecule has 0 spiro atoms. The van der Waals surface area contributed by atoms with Gasteiger partial charge in [0.2, 0.25) is 0 Å². The van der Waals surface area contributed by atoms with Crippen molar-refractivity contribution in [1.29, 1.82) is 0 Å². The van der Waals surface area contributed by atoms with Crippen molar-refractivity contribution in [3.63, 3.8) is 0 Å². The summed E-state index contributed by atoms with van der Waals surface area (Å²) in [4.78, 5) is 21.1. The molecule has 1 saturated heterocycles. The van der Waals surface area contributed by atoms with E-state index in [9.17, 15) is 4.79 Å². The molecule has 116 valence electrons. The molecule has 1 fully saturated rings. The van der Waals surface area contributed by atoms with Crippen molar-refractivity contribution in [3.05, 3.63) is 24.0 Å². The molecule has 0 radical (unpaired) electrons. The van der Waals surface area contributed by atoms with Gasteiger partial charge in [0.25, 0.3) is 5.91 Å². The lowest BCUT2D eigenvalue weighted by Crippen LogP contribution is -2.36. The van der Waals surface area contributed by atoms with Crippen LogP contribution in [0.3, 0.4) is 0 Å². The predicted molar refractivity (Wildman–Crippen MR) is 86.8 cm³/mol. The molecular formula is C17H27N3O. The summed E-state index contributed by atoms with van der Waals surface area (Å²) < 4.78 is 0. The minimum Gasteiger partial charge on any atom is -0.370 e. The number of anilines is 1. The predicted octanol–water partition coefficient (Wildman–Crippen LogP) is 3.33. The molecule has 2 rings (SSSR count). The Balaban J connectivity index is 2.04. The second-order valence-electron chi connectivity index (χ2n) is 5.74. The van der Waals surface area contributed by atoms with Crippen molar-refractivity contribution in [2.45, 2.75) is 46.0 Å². The molecule has 0 unspecified atom stereocenters. The number of hydrogen-bond donors (Lipinski definition) is 0. The van der Waals surface area contributed by atoms with E-state index in [1.165, 1.54) is 6.42 Å². The summed E-state index contributed by atoms with van der Waals surface area (Å²) in [6.07, 6.45) is 7.56. The van der Waals surface area contributed by atoms with Gasteiger partial charge in [-0.05, 0) is 44.2 Å². The summed E-state index contributed by atoms with van der Waals surface area (Å²) in [7, 11) is 0. The fourth-order valence-electron chi connectivity index (χ4n) is 2.87. The van der Waals surface area contributed by atoms with E-state index in [1.807, 2.05) is 23.2 Å². The van der Waals surface area contributed by atoms with Gasteiger partial charge in [0.05, 0.1) is 11.9 Å². The maximum absolute atomic E-state index is 12.4. The Morgan fingerprint density at radius 2 is 1.81 bits per heavy atom. The molecule has 1 aliphatic heterocycles. The highest BCUT2D eigenvalue weighted by molar-refractivity contribution is 5.92. The highest BCUT2D eigenvalue weighted by Gasteiger charge is 2.19. The van der Waals surface area contributed by atoms with E-state index in [4.69, 9.17) is 0 Å². The lowest BCUT2D eigenvalue weighted by molar-refractivity contribution is 0.0718. The van der Waals surface area contributed by atoms with Crippen molar-refractivity contribution >= 4 is 11.6 Å². The molecule has 1 aliphatic rings. The van der Waals surface area contributed by atoms with Gasteiger partial charge in [-0.15, -0.1) is 0 Å². The molecule has 0 aromatic carbocycles. The first-order valence-electron chi connectivity index (χ1n) is 8.26. The Bertz CT molecular complexity index is 432. The summed E-state index contributed by atoms with van der Waals surface area (Å²) >= 11 is 0. The van der Waals surface area contributed by atoms with Crippen molar-refractivity contribution in [3.8, 4) is 0 Å². The van der Waals surface area contributed by atoms with Crippen molar-refractivity contribution in [1.82, 2.24) is 9.88 Å². The topological polar surface area (TPSA) is 36.4 Å². The molecule has 0 atom stereocenters. The number of carbonyl (C=O) groups excluding carboxylic acids is 1. The summed E-state index contributed by atoms with van der Waals surface area (Å²) in [6.45, 7) is 8.19. The largest absolute Gasteiger partial charge is 0.370 e. The first kappa shape index (κ1) is 15.8. The van der Waals surface area contributed by atoms with Crippen molar-refractivity contribution in [2.24, 2.45) is 0 Å². The van der Waals surface area contributed by atoms with Crippen LogP contribution in [0.2, 0.25) is 0 Å². The minimum atomic E-state index is 0.0822. The normalized spacial score (nSPS) is 15.0. The molecule has 0 bridgehead atoms. The van der Waals surface area contributed by atoms with Gasteiger partial charge in [0.15, 0.2) is 0 Å². The van der Waals surface area contributed by atoms with Crippen LogP contribution in [0.25, 0.3) is 0 Å². The third kappa shape index (κ3) is 4.19.